The molecule has 0 spiro atoms. The van der Waals surface area contributed by atoms with Crippen LogP contribution in [0.5, 0.6) is 0 Å². The highest BCUT2D eigenvalue weighted by atomic mass is 16.4. The SMILES string of the molecule is [2H]OC(=O)c1c2ccccc2cc2ccccc12. The van der Waals surface area contributed by atoms with Crippen molar-refractivity contribution >= 4 is 27.5 Å². The van der Waals surface area contributed by atoms with Crippen LogP contribution in [-0.4, -0.2) is 11.1 Å². The van der Waals surface area contributed by atoms with Gasteiger partial charge in [-0.15, -0.1) is 0 Å². The Labute approximate surface area is 99.6 Å². The smallest absolute Gasteiger partial charge is 0.336 e. The molecule has 0 saturated carbocycles. The third-order valence-electron chi connectivity index (χ3n) is 2.98. The number of benzene rings is 3. The van der Waals surface area contributed by atoms with Crippen molar-refractivity contribution in [3.05, 3.63) is 60.2 Å². The van der Waals surface area contributed by atoms with E-state index in [-0.39, 0.29) is 0 Å². The van der Waals surface area contributed by atoms with E-state index in [9.17, 15) is 4.79 Å². The Morgan fingerprint density at radius 2 is 1.47 bits per heavy atom. The highest BCUT2D eigenvalue weighted by Gasteiger charge is 2.12. The number of rotatable bonds is 1. The molecule has 0 amide bonds. The standard InChI is InChI=1S/C15H10O2/c16-15(17)14-12-7-3-1-5-10(12)9-11-6-2-4-8-13(11)14/h1-9H,(H,16,17)/i/hD. The van der Waals surface area contributed by atoms with Crippen molar-refractivity contribution in [1.82, 2.24) is 0 Å². The molecule has 82 valence electrons. The number of carboxylic acid groups (broad SMARTS) is 1. The van der Waals surface area contributed by atoms with E-state index >= 15 is 0 Å². The van der Waals surface area contributed by atoms with Crippen molar-refractivity contribution in [3.63, 3.8) is 0 Å². The second kappa shape index (κ2) is 3.59. The summed E-state index contributed by atoms with van der Waals surface area (Å²) in [6, 6.07) is 17.3. The number of hydrogen-bond donors (Lipinski definition) is 1. The number of carbonyl (C=O) groups is 1. The van der Waals surface area contributed by atoms with Gasteiger partial charge in [-0.05, 0) is 27.6 Å². The summed E-state index contributed by atoms with van der Waals surface area (Å²) in [5.74, 6) is -0.622. The van der Waals surface area contributed by atoms with Crippen LogP contribution in [-0.2, 0) is 0 Å². The predicted octanol–water partition coefficient (Wildman–Crippen LogP) is 3.69. The van der Waals surface area contributed by atoms with Gasteiger partial charge in [0, 0.05) is 0 Å². The molecule has 3 rings (SSSR count). The lowest BCUT2D eigenvalue weighted by Gasteiger charge is -2.07. The van der Waals surface area contributed by atoms with E-state index in [0.717, 1.165) is 21.5 Å². The van der Waals surface area contributed by atoms with Gasteiger partial charge in [0.25, 0.3) is 1.43 Å². The van der Waals surface area contributed by atoms with Gasteiger partial charge in [0.1, 0.15) is 0 Å². The van der Waals surface area contributed by atoms with Gasteiger partial charge in [0.15, 0.2) is 0 Å². The van der Waals surface area contributed by atoms with Gasteiger partial charge in [-0.25, -0.2) is 4.79 Å². The fourth-order valence-corrected chi connectivity index (χ4v) is 2.23. The maximum absolute atomic E-state index is 11.8. The van der Waals surface area contributed by atoms with Crippen LogP contribution < -0.4 is 0 Å². The molecule has 0 aromatic heterocycles. The van der Waals surface area contributed by atoms with Crippen LogP contribution >= 0.6 is 0 Å². The van der Waals surface area contributed by atoms with Crippen molar-refractivity contribution in [2.75, 3.05) is 0 Å². The van der Waals surface area contributed by atoms with Crippen LogP contribution in [0.2, 0.25) is 0 Å². The normalized spacial score (nSPS) is 11.4. The first-order valence-corrected chi connectivity index (χ1v) is 5.39. The predicted molar refractivity (Wildman–Crippen MR) is 68.4 cm³/mol. The van der Waals surface area contributed by atoms with Gasteiger partial charge in [0.05, 0.1) is 5.56 Å². The van der Waals surface area contributed by atoms with Gasteiger partial charge in [-0.2, -0.15) is 0 Å². The summed E-state index contributed by atoms with van der Waals surface area (Å²) in [5.41, 5.74) is 0.457. The first kappa shape index (κ1) is 8.76. The molecule has 0 aliphatic heterocycles. The minimum atomic E-state index is -0.622. The lowest BCUT2D eigenvalue weighted by Crippen LogP contribution is -1.99. The second-order valence-electron chi connectivity index (χ2n) is 3.98. The van der Waals surface area contributed by atoms with Gasteiger partial charge < -0.3 is 5.11 Å². The van der Waals surface area contributed by atoms with E-state index < -0.39 is 5.97 Å². The molecule has 3 aromatic carbocycles. The fraction of sp³-hybridized carbons (Fsp3) is 0. The molecule has 0 aliphatic rings. The number of fused-ring (bicyclic) bond motifs is 2. The largest absolute Gasteiger partial charge is 0.478 e. The third kappa shape index (κ3) is 1.46. The molecular weight excluding hydrogens is 212 g/mol. The summed E-state index contributed by atoms with van der Waals surface area (Å²) < 4.78 is 6.85. The molecule has 0 radical (unpaired) electrons. The molecular formula is C15H10O2. The van der Waals surface area contributed by atoms with Crippen molar-refractivity contribution < 1.29 is 9.90 Å². The maximum Gasteiger partial charge on any atom is 0.336 e. The van der Waals surface area contributed by atoms with E-state index in [4.69, 9.17) is 1.43 Å². The third-order valence-corrected chi connectivity index (χ3v) is 2.98. The zero-order valence-corrected chi connectivity index (χ0v) is 9.01. The van der Waals surface area contributed by atoms with Crippen LogP contribution in [0.15, 0.2) is 54.6 Å². The molecule has 0 saturated heterocycles. The molecule has 0 unspecified atom stereocenters. The average Bonchev–Trinajstić information content (AvgIpc) is 2.44. The molecule has 1 N–H and O–H groups in total. The molecule has 0 heterocycles. The summed E-state index contributed by atoms with van der Waals surface area (Å²) in [6.07, 6.45) is 0. The quantitative estimate of drug-likeness (QED) is 0.639. The van der Waals surface area contributed by atoms with Crippen molar-refractivity contribution in [2.45, 2.75) is 0 Å². The highest BCUT2D eigenvalue weighted by molar-refractivity contribution is 6.15. The molecule has 3 aromatic rings. The molecule has 0 bridgehead atoms. The zero-order valence-electron chi connectivity index (χ0n) is 10.0. The molecule has 0 fully saturated rings. The first-order valence-electron chi connectivity index (χ1n) is 5.80. The Bertz CT molecular complexity index is 696. The monoisotopic (exact) mass is 223 g/mol. The molecule has 0 atom stereocenters. The Hall–Kier alpha value is -2.35. The van der Waals surface area contributed by atoms with Gasteiger partial charge in [0.2, 0.25) is 0 Å². The summed E-state index contributed by atoms with van der Waals surface area (Å²) in [5, 5.41) is 7.73. The summed E-state index contributed by atoms with van der Waals surface area (Å²) in [6.45, 7) is 0. The van der Waals surface area contributed by atoms with Crippen LogP contribution in [0, 0.1) is 0 Å². The molecule has 0 aliphatic carbocycles. The Balaban J connectivity index is 2.53. The highest BCUT2D eigenvalue weighted by Crippen LogP contribution is 2.28. The minimum Gasteiger partial charge on any atom is -0.478 e. The fourth-order valence-electron chi connectivity index (χ4n) is 2.23. The second-order valence-corrected chi connectivity index (χ2v) is 3.98. The van der Waals surface area contributed by atoms with E-state index in [1.165, 1.54) is 0 Å². The summed E-state index contributed by atoms with van der Waals surface area (Å²) in [7, 11) is 0. The molecule has 17 heavy (non-hydrogen) atoms. The van der Waals surface area contributed by atoms with Crippen LogP contribution in [0.3, 0.4) is 0 Å². The van der Waals surface area contributed by atoms with Crippen molar-refractivity contribution in [2.24, 2.45) is 0 Å². The van der Waals surface area contributed by atoms with Gasteiger partial charge in [-0.3, -0.25) is 0 Å². The van der Waals surface area contributed by atoms with Crippen LogP contribution in [0.4, 0.5) is 0 Å². The number of hydrogen-bond acceptors (Lipinski definition) is 2. The minimum absolute atomic E-state index is 0.457. The topological polar surface area (TPSA) is 37.3 Å². The van der Waals surface area contributed by atoms with E-state index in [2.05, 4.69) is 5.11 Å². The average molecular weight is 223 g/mol. The van der Waals surface area contributed by atoms with Crippen LogP contribution in [0.25, 0.3) is 23.0 Å². The van der Waals surface area contributed by atoms with E-state index in [0.29, 0.717) is 5.56 Å². The maximum atomic E-state index is 11.8. The van der Waals surface area contributed by atoms with Crippen molar-refractivity contribution in [3.8, 4) is 0 Å². The van der Waals surface area contributed by atoms with E-state index in [1.54, 1.807) is 0 Å². The summed E-state index contributed by atoms with van der Waals surface area (Å²) in [4.78, 5) is 11.8. The van der Waals surface area contributed by atoms with Gasteiger partial charge >= 0.3 is 5.97 Å². The van der Waals surface area contributed by atoms with Gasteiger partial charge in [-0.1, -0.05) is 48.5 Å². The number of aromatic carboxylic acids is 1. The lowest BCUT2D eigenvalue weighted by atomic mass is 9.97. The van der Waals surface area contributed by atoms with Crippen molar-refractivity contribution in [1.29, 1.82) is 1.43 Å². The molecule has 2 heteroatoms. The Morgan fingerprint density at radius 1 is 0.941 bits per heavy atom. The Kier molecular flexibility index (Phi) is 1.85. The molecule has 2 nitrogen and oxygen atoms in total. The van der Waals surface area contributed by atoms with E-state index in [1.807, 2.05) is 54.6 Å². The van der Waals surface area contributed by atoms with Crippen LogP contribution in [0.1, 0.15) is 10.4 Å². The first-order chi connectivity index (χ1) is 8.81. The lowest BCUT2D eigenvalue weighted by molar-refractivity contribution is 0.0701. The summed E-state index contributed by atoms with van der Waals surface area (Å²) >= 11 is 0. The number of carboxylic acids is 1. The Morgan fingerprint density at radius 3 is 2.00 bits per heavy atom. The zero-order chi connectivity index (χ0) is 12.5.